The van der Waals surface area contributed by atoms with Gasteiger partial charge in [-0.1, -0.05) is 84.9 Å². The van der Waals surface area contributed by atoms with E-state index in [-0.39, 0.29) is 0 Å². The molecule has 6 rings (SSSR count). The second-order valence-corrected chi connectivity index (χ2v) is 9.02. The van der Waals surface area contributed by atoms with Crippen molar-refractivity contribution in [1.82, 2.24) is 0 Å². The molecule has 0 saturated heterocycles. The molecule has 1 nitrogen and oxygen atoms in total. The number of aryl methyl sites for hydroxylation is 3. The van der Waals surface area contributed by atoms with Crippen LogP contribution in [0.1, 0.15) is 11.1 Å². The summed E-state index contributed by atoms with van der Waals surface area (Å²) in [5.41, 5.74) is 15.4. The van der Waals surface area contributed by atoms with Crippen LogP contribution in [0.5, 0.6) is 0 Å². The zero-order chi connectivity index (χ0) is 22.5. The molecule has 0 N–H and O–H groups in total. The topological polar surface area (TPSA) is 3.88 Å². The van der Waals surface area contributed by atoms with Gasteiger partial charge in [-0.15, -0.1) is 0 Å². The summed E-state index contributed by atoms with van der Waals surface area (Å²) in [5, 5.41) is 0. The fourth-order valence-corrected chi connectivity index (χ4v) is 5.31. The number of fused-ring (bicyclic) bond motifs is 8. The van der Waals surface area contributed by atoms with Gasteiger partial charge in [0.25, 0.3) is 0 Å². The Morgan fingerprint density at radius 3 is 1.55 bits per heavy atom. The van der Waals surface area contributed by atoms with Crippen LogP contribution in [-0.4, -0.2) is 0 Å². The average molecular weight is 425 g/mol. The molecule has 1 aromatic heterocycles. The minimum Gasteiger partial charge on any atom is -0.201 e. The van der Waals surface area contributed by atoms with Crippen LogP contribution in [0.3, 0.4) is 0 Å². The molecule has 158 valence electrons. The van der Waals surface area contributed by atoms with E-state index >= 15 is 0 Å². The van der Waals surface area contributed by atoms with E-state index in [2.05, 4.69) is 129 Å². The number of nitrogens with zero attached hydrogens (tertiary/aromatic N) is 1. The zero-order valence-electron chi connectivity index (χ0n) is 19.3. The molecule has 1 heteroatoms. The van der Waals surface area contributed by atoms with Gasteiger partial charge < -0.3 is 0 Å². The van der Waals surface area contributed by atoms with Gasteiger partial charge in [0.1, 0.15) is 7.05 Å². The van der Waals surface area contributed by atoms with Crippen molar-refractivity contribution in [1.29, 1.82) is 0 Å². The Hall–Kier alpha value is -3.97. The van der Waals surface area contributed by atoms with Crippen LogP contribution >= 0.6 is 0 Å². The SMILES string of the molecule is Cc1cc[n+](C)c(-c2c(C)ccc3c2-c2ccccc2-c2ccccc2-c2ccccc2-3)c1. The lowest BCUT2D eigenvalue weighted by Crippen LogP contribution is -2.30. The summed E-state index contributed by atoms with van der Waals surface area (Å²) in [6.45, 7) is 4.41. The highest BCUT2D eigenvalue weighted by Crippen LogP contribution is 2.50. The quantitative estimate of drug-likeness (QED) is 0.237. The first-order valence-electron chi connectivity index (χ1n) is 11.5. The predicted octanol–water partition coefficient (Wildman–Crippen LogP) is 7.78. The summed E-state index contributed by atoms with van der Waals surface area (Å²) in [4.78, 5) is 0. The molecular formula is C32H26N+. The summed E-state index contributed by atoms with van der Waals surface area (Å²) >= 11 is 0. The van der Waals surface area contributed by atoms with Gasteiger partial charge in [0.05, 0.1) is 5.56 Å². The van der Waals surface area contributed by atoms with Gasteiger partial charge in [0.2, 0.25) is 5.69 Å². The molecule has 0 amide bonds. The fourth-order valence-electron chi connectivity index (χ4n) is 5.31. The third kappa shape index (κ3) is 3.04. The van der Waals surface area contributed by atoms with Crippen LogP contribution in [0, 0.1) is 13.8 Å². The van der Waals surface area contributed by atoms with Gasteiger partial charge in [0, 0.05) is 17.7 Å². The first kappa shape index (κ1) is 19.7. The van der Waals surface area contributed by atoms with Crippen molar-refractivity contribution in [2.45, 2.75) is 13.8 Å². The molecule has 5 aromatic rings. The lowest BCUT2D eigenvalue weighted by atomic mass is 9.78. The van der Waals surface area contributed by atoms with Gasteiger partial charge in [-0.25, -0.2) is 4.57 Å². The maximum atomic E-state index is 2.31. The van der Waals surface area contributed by atoms with Crippen molar-refractivity contribution < 1.29 is 4.57 Å². The number of pyridine rings is 1. The third-order valence-electron chi connectivity index (χ3n) is 6.90. The van der Waals surface area contributed by atoms with E-state index in [0.29, 0.717) is 0 Å². The van der Waals surface area contributed by atoms with Crippen molar-refractivity contribution in [3.05, 3.63) is 114 Å². The number of hydrogen-bond donors (Lipinski definition) is 0. The van der Waals surface area contributed by atoms with Crippen LogP contribution in [-0.2, 0) is 7.05 Å². The lowest BCUT2D eigenvalue weighted by molar-refractivity contribution is -0.660. The van der Waals surface area contributed by atoms with E-state index in [0.717, 1.165) is 0 Å². The molecule has 1 aliphatic carbocycles. The lowest BCUT2D eigenvalue weighted by Gasteiger charge is -2.25. The Labute approximate surface area is 195 Å². The zero-order valence-corrected chi connectivity index (χ0v) is 19.3. The minimum absolute atomic E-state index is 1.24. The molecule has 4 aromatic carbocycles. The number of hydrogen-bond acceptors (Lipinski definition) is 0. The van der Waals surface area contributed by atoms with Crippen LogP contribution in [0.25, 0.3) is 55.8 Å². The Bertz CT molecular complexity index is 1530. The van der Waals surface area contributed by atoms with Gasteiger partial charge in [0.15, 0.2) is 6.20 Å². The van der Waals surface area contributed by atoms with Crippen LogP contribution in [0.4, 0.5) is 0 Å². The molecule has 0 bridgehead atoms. The van der Waals surface area contributed by atoms with Gasteiger partial charge in [-0.3, -0.25) is 0 Å². The molecule has 0 fully saturated rings. The monoisotopic (exact) mass is 424 g/mol. The minimum atomic E-state index is 1.24. The fraction of sp³-hybridized carbons (Fsp3) is 0.0938. The highest BCUT2D eigenvalue weighted by Gasteiger charge is 2.27. The number of aromatic nitrogens is 1. The first-order chi connectivity index (χ1) is 16.1. The van der Waals surface area contributed by atoms with Crippen molar-refractivity contribution >= 4 is 0 Å². The highest BCUT2D eigenvalue weighted by molar-refractivity contribution is 6.06. The first-order valence-corrected chi connectivity index (χ1v) is 11.5. The maximum Gasteiger partial charge on any atom is 0.213 e. The Balaban J connectivity index is 1.84. The van der Waals surface area contributed by atoms with E-state index in [4.69, 9.17) is 0 Å². The average Bonchev–Trinajstić information content (AvgIpc) is 2.85. The largest absolute Gasteiger partial charge is 0.213 e. The second kappa shape index (κ2) is 7.56. The Morgan fingerprint density at radius 1 is 0.485 bits per heavy atom. The smallest absolute Gasteiger partial charge is 0.201 e. The van der Waals surface area contributed by atoms with Gasteiger partial charge in [-0.05, 0) is 63.9 Å². The number of rotatable bonds is 1. The second-order valence-electron chi connectivity index (χ2n) is 9.02. The van der Waals surface area contributed by atoms with Gasteiger partial charge in [-0.2, -0.15) is 0 Å². The summed E-state index contributed by atoms with van der Waals surface area (Å²) in [5.74, 6) is 0. The van der Waals surface area contributed by atoms with Crippen molar-refractivity contribution in [3.63, 3.8) is 0 Å². The molecule has 0 radical (unpaired) electrons. The van der Waals surface area contributed by atoms with Crippen LogP contribution in [0.2, 0.25) is 0 Å². The maximum absolute atomic E-state index is 2.31. The van der Waals surface area contributed by atoms with Crippen molar-refractivity contribution in [2.24, 2.45) is 7.05 Å². The molecule has 0 unspecified atom stereocenters. The van der Waals surface area contributed by atoms with Crippen molar-refractivity contribution in [3.8, 4) is 55.8 Å². The van der Waals surface area contributed by atoms with Gasteiger partial charge >= 0.3 is 0 Å². The molecule has 33 heavy (non-hydrogen) atoms. The van der Waals surface area contributed by atoms with Crippen LogP contribution in [0.15, 0.2) is 103 Å². The van der Waals surface area contributed by atoms with E-state index in [1.165, 1.54) is 66.9 Å². The molecule has 1 aliphatic rings. The van der Waals surface area contributed by atoms with Crippen molar-refractivity contribution in [2.75, 3.05) is 0 Å². The van der Waals surface area contributed by atoms with Crippen LogP contribution < -0.4 is 4.57 Å². The highest BCUT2D eigenvalue weighted by atomic mass is 14.9. The molecular weight excluding hydrogens is 398 g/mol. The Kier molecular flexibility index (Phi) is 4.52. The van der Waals surface area contributed by atoms with E-state index in [1.54, 1.807) is 0 Å². The molecule has 0 saturated carbocycles. The number of benzene rings is 4. The molecule has 0 spiro atoms. The summed E-state index contributed by atoms with van der Waals surface area (Å²) in [6, 6.07) is 35.6. The van der Waals surface area contributed by atoms with E-state index < -0.39 is 0 Å². The Morgan fingerprint density at radius 2 is 0.970 bits per heavy atom. The predicted molar refractivity (Wildman–Crippen MR) is 138 cm³/mol. The normalized spacial score (nSPS) is 11.5. The standard InChI is InChI=1S/C32H26N/c1-21-18-19-33(3)30(20-21)31-22(2)16-17-29-27-14-7-6-12-25(27)23-10-4-5-11-24(23)26-13-8-9-15-28(26)32(29)31/h4-20H,1-3H3/q+1. The summed E-state index contributed by atoms with van der Waals surface area (Å²) in [7, 11) is 2.14. The van der Waals surface area contributed by atoms with E-state index in [9.17, 15) is 0 Å². The molecule has 0 aliphatic heterocycles. The third-order valence-corrected chi connectivity index (χ3v) is 6.90. The van der Waals surface area contributed by atoms with E-state index in [1.807, 2.05) is 0 Å². The molecule has 0 atom stereocenters. The summed E-state index contributed by atoms with van der Waals surface area (Å²) in [6.07, 6.45) is 2.17. The molecule has 1 heterocycles. The summed E-state index contributed by atoms with van der Waals surface area (Å²) < 4.78 is 2.25.